The normalized spacial score (nSPS) is 24.9. The summed E-state index contributed by atoms with van der Waals surface area (Å²) in [6, 6.07) is 1.52. The molecular weight excluding hydrogens is 248 g/mol. The molecule has 0 bridgehead atoms. The second-order valence-corrected chi connectivity index (χ2v) is 7.09. The number of nitrogens with zero attached hydrogens (tertiary/aromatic N) is 1. The third kappa shape index (κ3) is 2.36. The van der Waals surface area contributed by atoms with Gasteiger partial charge in [-0.25, -0.2) is 8.42 Å². The molecule has 2 rings (SSSR count). The van der Waals surface area contributed by atoms with Crippen molar-refractivity contribution in [3.8, 4) is 0 Å². The number of sulfone groups is 1. The largest absolute Gasteiger partial charge is 0.396 e. The lowest BCUT2D eigenvalue weighted by Gasteiger charge is -2.30. The standard InChI is InChI=1S/C13H20N2O2S/c1-2-10-5-3-4-6-12(10)18(16,17)13-7-8-15-9-11(13)14/h7-10,12H,2-6,14H2,1H3. The van der Waals surface area contributed by atoms with Crippen LogP contribution in [-0.2, 0) is 9.84 Å². The van der Waals surface area contributed by atoms with E-state index in [0.717, 1.165) is 32.1 Å². The number of aromatic nitrogens is 1. The zero-order valence-electron chi connectivity index (χ0n) is 10.7. The summed E-state index contributed by atoms with van der Waals surface area (Å²) < 4.78 is 25.3. The average molecular weight is 268 g/mol. The van der Waals surface area contributed by atoms with Crippen LogP contribution in [0, 0.1) is 5.92 Å². The number of pyridine rings is 1. The lowest BCUT2D eigenvalue weighted by molar-refractivity contribution is 0.348. The van der Waals surface area contributed by atoms with Gasteiger partial charge in [-0.1, -0.05) is 26.2 Å². The summed E-state index contributed by atoms with van der Waals surface area (Å²) in [6.45, 7) is 2.06. The second kappa shape index (κ2) is 5.26. The van der Waals surface area contributed by atoms with E-state index in [9.17, 15) is 8.42 Å². The van der Waals surface area contributed by atoms with E-state index >= 15 is 0 Å². The highest BCUT2D eigenvalue weighted by Crippen LogP contribution is 2.36. The molecule has 2 N–H and O–H groups in total. The quantitative estimate of drug-likeness (QED) is 0.913. The molecule has 1 aliphatic carbocycles. The topological polar surface area (TPSA) is 73.0 Å². The van der Waals surface area contributed by atoms with Crippen molar-refractivity contribution in [2.75, 3.05) is 5.73 Å². The number of nitrogens with two attached hydrogens (primary N) is 1. The van der Waals surface area contributed by atoms with Crippen molar-refractivity contribution in [1.82, 2.24) is 4.98 Å². The highest BCUT2D eigenvalue weighted by molar-refractivity contribution is 7.92. The Kier molecular flexibility index (Phi) is 3.90. The number of rotatable bonds is 3. The van der Waals surface area contributed by atoms with E-state index < -0.39 is 9.84 Å². The van der Waals surface area contributed by atoms with Crippen LogP contribution in [0.25, 0.3) is 0 Å². The summed E-state index contributed by atoms with van der Waals surface area (Å²) in [7, 11) is -3.32. The molecule has 1 aromatic rings. The van der Waals surface area contributed by atoms with E-state index in [1.165, 1.54) is 18.5 Å². The van der Waals surface area contributed by atoms with Gasteiger partial charge in [-0.15, -0.1) is 0 Å². The predicted octanol–water partition coefficient (Wildman–Crippen LogP) is 2.41. The first-order chi connectivity index (χ1) is 8.57. The highest BCUT2D eigenvalue weighted by atomic mass is 32.2. The summed E-state index contributed by atoms with van der Waals surface area (Å²) in [6.07, 6.45) is 7.70. The van der Waals surface area contributed by atoms with Gasteiger partial charge < -0.3 is 5.73 Å². The van der Waals surface area contributed by atoms with Gasteiger partial charge in [0.15, 0.2) is 9.84 Å². The molecule has 1 aliphatic rings. The maximum absolute atomic E-state index is 12.7. The van der Waals surface area contributed by atoms with Crippen molar-refractivity contribution in [2.24, 2.45) is 5.92 Å². The van der Waals surface area contributed by atoms with Gasteiger partial charge in [-0.3, -0.25) is 4.98 Å². The molecule has 2 atom stereocenters. The monoisotopic (exact) mass is 268 g/mol. The van der Waals surface area contributed by atoms with Crippen LogP contribution >= 0.6 is 0 Å². The second-order valence-electron chi connectivity index (χ2n) is 4.95. The average Bonchev–Trinajstić information content (AvgIpc) is 2.39. The third-order valence-corrected chi connectivity index (χ3v) is 6.28. The zero-order valence-corrected chi connectivity index (χ0v) is 11.5. The Morgan fingerprint density at radius 3 is 2.78 bits per heavy atom. The van der Waals surface area contributed by atoms with Crippen LogP contribution in [0.5, 0.6) is 0 Å². The van der Waals surface area contributed by atoms with Gasteiger partial charge in [0, 0.05) is 6.20 Å². The van der Waals surface area contributed by atoms with Crippen LogP contribution in [0.1, 0.15) is 39.0 Å². The molecule has 0 aliphatic heterocycles. The van der Waals surface area contributed by atoms with E-state index in [2.05, 4.69) is 11.9 Å². The maximum Gasteiger partial charge on any atom is 0.183 e. The Morgan fingerprint density at radius 1 is 1.39 bits per heavy atom. The van der Waals surface area contributed by atoms with Crippen LogP contribution in [0.15, 0.2) is 23.4 Å². The van der Waals surface area contributed by atoms with Crippen LogP contribution in [-0.4, -0.2) is 18.7 Å². The Bertz CT molecular complexity index is 513. The molecule has 1 heterocycles. The number of hydrogen-bond acceptors (Lipinski definition) is 4. The lowest BCUT2D eigenvalue weighted by Crippen LogP contribution is -2.33. The van der Waals surface area contributed by atoms with E-state index in [-0.39, 0.29) is 21.8 Å². The maximum atomic E-state index is 12.7. The molecule has 100 valence electrons. The summed E-state index contributed by atoms with van der Waals surface area (Å²) in [5.41, 5.74) is 6.02. The SMILES string of the molecule is CCC1CCCCC1S(=O)(=O)c1ccncc1N. The van der Waals surface area contributed by atoms with E-state index in [0.29, 0.717) is 0 Å². The van der Waals surface area contributed by atoms with Gasteiger partial charge >= 0.3 is 0 Å². The first kappa shape index (κ1) is 13.3. The number of nitrogen functional groups attached to an aromatic ring is 1. The predicted molar refractivity (Wildman–Crippen MR) is 71.9 cm³/mol. The van der Waals surface area contributed by atoms with Gasteiger partial charge in [0.25, 0.3) is 0 Å². The molecule has 0 saturated heterocycles. The van der Waals surface area contributed by atoms with Gasteiger partial charge in [-0.2, -0.15) is 0 Å². The first-order valence-corrected chi connectivity index (χ1v) is 8.05. The van der Waals surface area contributed by atoms with Gasteiger partial charge in [0.1, 0.15) is 0 Å². The minimum absolute atomic E-state index is 0.253. The van der Waals surface area contributed by atoms with E-state index in [1.807, 2.05) is 0 Å². The Hall–Kier alpha value is -1.10. The van der Waals surface area contributed by atoms with E-state index in [1.54, 1.807) is 0 Å². The summed E-state index contributed by atoms with van der Waals surface area (Å²) >= 11 is 0. The van der Waals surface area contributed by atoms with Crippen molar-refractivity contribution in [3.63, 3.8) is 0 Å². The minimum Gasteiger partial charge on any atom is -0.396 e. The molecule has 1 saturated carbocycles. The summed E-state index contributed by atoms with van der Waals surface area (Å²) in [4.78, 5) is 4.11. The van der Waals surface area contributed by atoms with Crippen molar-refractivity contribution in [3.05, 3.63) is 18.5 Å². The third-order valence-electron chi connectivity index (χ3n) is 3.88. The Labute approximate surface area is 109 Å². The van der Waals surface area contributed by atoms with Gasteiger partial charge in [0.2, 0.25) is 0 Å². The van der Waals surface area contributed by atoms with E-state index in [4.69, 9.17) is 5.73 Å². The summed E-state index contributed by atoms with van der Waals surface area (Å²) in [5, 5.41) is -0.277. The fourth-order valence-corrected chi connectivity index (χ4v) is 5.14. The molecular formula is C13H20N2O2S. The van der Waals surface area contributed by atoms with Crippen molar-refractivity contribution >= 4 is 15.5 Å². The molecule has 0 radical (unpaired) electrons. The fourth-order valence-electron chi connectivity index (χ4n) is 2.87. The Balaban J connectivity index is 2.39. The molecule has 18 heavy (non-hydrogen) atoms. The summed E-state index contributed by atoms with van der Waals surface area (Å²) in [5.74, 6) is 0.260. The minimum atomic E-state index is -3.32. The van der Waals surface area contributed by atoms with Crippen molar-refractivity contribution in [1.29, 1.82) is 0 Å². The van der Waals surface area contributed by atoms with Gasteiger partial charge in [0.05, 0.1) is 22.0 Å². The molecule has 1 fully saturated rings. The Morgan fingerprint density at radius 2 is 2.11 bits per heavy atom. The van der Waals surface area contributed by atoms with Crippen LogP contribution in [0.3, 0.4) is 0 Å². The van der Waals surface area contributed by atoms with Crippen molar-refractivity contribution < 1.29 is 8.42 Å². The van der Waals surface area contributed by atoms with Crippen LogP contribution in [0.4, 0.5) is 5.69 Å². The van der Waals surface area contributed by atoms with Crippen LogP contribution in [0.2, 0.25) is 0 Å². The lowest BCUT2D eigenvalue weighted by atomic mass is 9.87. The molecule has 1 aromatic heterocycles. The number of anilines is 1. The number of hydrogen-bond donors (Lipinski definition) is 1. The molecule has 0 spiro atoms. The van der Waals surface area contributed by atoms with Crippen molar-refractivity contribution in [2.45, 2.75) is 49.2 Å². The zero-order chi connectivity index (χ0) is 13.2. The molecule has 2 unspecified atom stereocenters. The molecule has 0 aromatic carbocycles. The van der Waals surface area contributed by atoms with Crippen LogP contribution < -0.4 is 5.73 Å². The van der Waals surface area contributed by atoms with Gasteiger partial charge in [-0.05, 0) is 24.8 Å². The molecule has 5 heteroatoms. The molecule has 0 amide bonds. The fraction of sp³-hybridized carbons (Fsp3) is 0.615. The molecule has 4 nitrogen and oxygen atoms in total. The first-order valence-electron chi connectivity index (χ1n) is 6.50. The highest BCUT2D eigenvalue weighted by Gasteiger charge is 2.36. The smallest absolute Gasteiger partial charge is 0.183 e.